The summed E-state index contributed by atoms with van der Waals surface area (Å²) in [6.07, 6.45) is 11.1. The second kappa shape index (κ2) is 34.6. The second-order valence-electron chi connectivity index (χ2n) is 26.9. The van der Waals surface area contributed by atoms with E-state index in [2.05, 4.69) is 351 Å². The van der Waals surface area contributed by atoms with Crippen molar-refractivity contribution >= 4 is 63.7 Å². The summed E-state index contributed by atoms with van der Waals surface area (Å²) >= 11 is 16.0. The molecule has 0 unspecified atom stereocenters. The van der Waals surface area contributed by atoms with Gasteiger partial charge in [0.15, 0.2) is 0 Å². The average molecular weight is 2070 g/mol. The molecule has 0 radical (unpaired) electrons. The zero-order valence-electron chi connectivity index (χ0n) is 60.3. The van der Waals surface area contributed by atoms with Gasteiger partial charge < -0.3 is 29.9 Å². The Morgan fingerprint density at radius 3 is 0.579 bits per heavy atom. The Bertz CT molecular complexity index is 5850. The fourth-order valence-electron chi connectivity index (χ4n) is 14.7. The summed E-state index contributed by atoms with van der Waals surface area (Å²) in [5.74, 6) is 0. The van der Waals surface area contributed by atoms with Crippen molar-refractivity contribution in [3.63, 3.8) is 0 Å². The summed E-state index contributed by atoms with van der Waals surface area (Å²) in [6, 6.07) is 131. The van der Waals surface area contributed by atoms with Gasteiger partial charge in [0, 0.05) is 24.8 Å². The van der Waals surface area contributed by atoms with Gasteiger partial charge in [-0.25, -0.2) is 12.1 Å². The quantitative estimate of drug-likeness (QED) is 0.0846. The maximum absolute atomic E-state index is 5.11. The van der Waals surface area contributed by atoms with Crippen LogP contribution >= 0.6 is 63.7 Å². The van der Waals surface area contributed by atoms with Crippen LogP contribution in [0.3, 0.4) is 0 Å². The van der Waals surface area contributed by atoms with E-state index < -0.39 is 0 Å². The minimum absolute atomic E-state index is 0. The van der Waals surface area contributed by atoms with E-state index in [1.54, 1.807) is 0 Å². The standard InChI is InChI=1S/C102H58Br4N6.2Ir/c103-93-59-65(97-33-13-17-49-107-97)37-43-89(93)85-29-9-5-25-81(85)73-53-71(54-74(57-73)82-26-6-10-30-86(82)90-44-38-66(60-94(90)104)98-34-14-18-50-108-98)79-23-3-1-21-77(79)69-41-47-101(111-63-69)102-48-42-70(64-112-102)78-22-2-4-24-80(78)72-55-75(83-27-7-11-31-87(83)91-45-39-67(61-95(91)105)99-35-15-19-51-109-99)58-76(56-72)84-28-8-12-32-88(84)92-46-40-68(62-96(92)106)100-36-16-20-52-110-100;;/h1-36,41-46,49-64H;;/q-6;2*+3. The van der Waals surface area contributed by atoms with Gasteiger partial charge in [-0.05, 0) is 163 Å². The van der Waals surface area contributed by atoms with Gasteiger partial charge in [0.05, 0.1) is 0 Å². The first kappa shape index (κ1) is 76.7. The van der Waals surface area contributed by atoms with Crippen LogP contribution in [0.4, 0.5) is 0 Å². The van der Waals surface area contributed by atoms with Crippen LogP contribution in [0.15, 0.2) is 371 Å². The molecule has 0 spiro atoms. The molecule has 12 heteroatoms. The van der Waals surface area contributed by atoms with Crippen molar-refractivity contribution in [1.29, 1.82) is 0 Å². The first-order valence-electron chi connectivity index (χ1n) is 36.3. The summed E-state index contributed by atoms with van der Waals surface area (Å²) in [5, 5.41) is 0. The first-order valence-corrected chi connectivity index (χ1v) is 39.5. The van der Waals surface area contributed by atoms with Crippen molar-refractivity contribution < 1.29 is 40.2 Å². The molecule has 0 bridgehead atoms. The van der Waals surface area contributed by atoms with E-state index in [-0.39, 0.29) is 40.2 Å². The van der Waals surface area contributed by atoms with Crippen molar-refractivity contribution in [1.82, 2.24) is 29.9 Å². The molecule has 542 valence electrons. The maximum Gasteiger partial charge on any atom is 3.00 e. The predicted molar refractivity (Wildman–Crippen MR) is 469 cm³/mol. The summed E-state index contributed by atoms with van der Waals surface area (Å²) in [7, 11) is 0. The molecule has 0 aliphatic carbocycles. The van der Waals surface area contributed by atoms with Crippen molar-refractivity contribution in [2.24, 2.45) is 0 Å². The van der Waals surface area contributed by atoms with Crippen LogP contribution < -0.4 is 0 Å². The molecule has 18 rings (SSSR count). The van der Waals surface area contributed by atoms with Crippen molar-refractivity contribution in [2.75, 3.05) is 0 Å². The van der Waals surface area contributed by atoms with E-state index in [9.17, 15) is 0 Å². The van der Waals surface area contributed by atoms with Gasteiger partial charge in [-0.2, -0.15) is 12.1 Å². The molecule has 6 aromatic heterocycles. The predicted octanol–water partition coefficient (Wildman–Crippen LogP) is 28.2. The minimum Gasteiger partial charge on any atom is -0.357 e. The summed E-state index contributed by atoms with van der Waals surface area (Å²) in [5.41, 5.74) is 32.8. The second-order valence-corrected chi connectivity index (χ2v) is 30.3. The third kappa shape index (κ3) is 15.9. The van der Waals surface area contributed by atoms with Crippen LogP contribution in [0.1, 0.15) is 0 Å². The number of halogens is 4. The molecule has 0 saturated heterocycles. The monoisotopic (exact) mass is 2070 g/mol. The molecule has 0 aliphatic rings. The van der Waals surface area contributed by atoms with Gasteiger partial charge in [-0.3, -0.25) is 0 Å². The third-order valence-corrected chi connectivity index (χ3v) is 22.7. The molecule has 12 aromatic carbocycles. The number of aromatic nitrogens is 6. The van der Waals surface area contributed by atoms with Crippen LogP contribution in [0, 0.1) is 36.4 Å². The van der Waals surface area contributed by atoms with Crippen LogP contribution in [-0.2, 0) is 40.2 Å². The minimum atomic E-state index is 0. The van der Waals surface area contributed by atoms with E-state index in [0.717, 1.165) is 196 Å². The van der Waals surface area contributed by atoms with Crippen LogP contribution in [-0.4, -0.2) is 29.9 Å². The number of hydrogen-bond donors (Lipinski definition) is 0. The van der Waals surface area contributed by atoms with E-state index >= 15 is 0 Å². The van der Waals surface area contributed by atoms with Gasteiger partial charge in [0.25, 0.3) is 0 Å². The molecule has 18 aromatic rings. The first-order chi connectivity index (χ1) is 55.2. The van der Waals surface area contributed by atoms with Gasteiger partial charge in [-0.15, -0.1) is 106 Å². The van der Waals surface area contributed by atoms with Crippen LogP contribution in [0.25, 0.3) is 190 Å². The Kier molecular flexibility index (Phi) is 23.3. The topological polar surface area (TPSA) is 77.3 Å². The molecule has 0 saturated carbocycles. The number of hydrogen-bond acceptors (Lipinski definition) is 6. The molecular weight excluding hydrogens is 2010 g/mol. The van der Waals surface area contributed by atoms with Gasteiger partial charge in [0.1, 0.15) is 0 Å². The molecule has 0 atom stereocenters. The van der Waals surface area contributed by atoms with Gasteiger partial charge >= 0.3 is 40.2 Å². The molecule has 0 amide bonds. The van der Waals surface area contributed by atoms with Crippen molar-refractivity contribution in [3.8, 4) is 190 Å². The Morgan fingerprint density at radius 1 is 0.184 bits per heavy atom. The molecular formula is C102H58Br4Ir2N6. The Balaban J connectivity index is 0.00000489. The summed E-state index contributed by atoms with van der Waals surface area (Å²) in [4.78, 5) is 28.7. The van der Waals surface area contributed by atoms with Gasteiger partial charge in [0.2, 0.25) is 0 Å². The molecule has 0 N–H and O–H groups in total. The van der Waals surface area contributed by atoms with Crippen molar-refractivity contribution in [2.45, 2.75) is 0 Å². The number of nitrogens with zero attached hydrogens (tertiary/aromatic N) is 6. The molecule has 114 heavy (non-hydrogen) atoms. The zero-order valence-corrected chi connectivity index (χ0v) is 71.5. The average Bonchev–Trinajstić information content (AvgIpc) is 0.768. The van der Waals surface area contributed by atoms with E-state index in [4.69, 9.17) is 9.97 Å². The zero-order chi connectivity index (χ0) is 75.4. The number of rotatable bonds is 17. The van der Waals surface area contributed by atoms with E-state index in [0.29, 0.717) is 11.4 Å². The number of benzene rings is 12. The van der Waals surface area contributed by atoms with E-state index in [1.165, 1.54) is 0 Å². The fraction of sp³-hybridized carbons (Fsp3) is 0. The van der Waals surface area contributed by atoms with Crippen LogP contribution in [0.5, 0.6) is 0 Å². The molecule has 6 nitrogen and oxygen atoms in total. The van der Waals surface area contributed by atoms with Crippen molar-refractivity contribution in [3.05, 3.63) is 407 Å². The smallest absolute Gasteiger partial charge is 0.357 e. The third-order valence-electron chi connectivity index (χ3n) is 20.1. The number of pyridine rings is 6. The fourth-order valence-corrected chi connectivity index (χ4v) is 16.9. The maximum atomic E-state index is 5.11. The molecule has 0 aliphatic heterocycles. The largest absolute Gasteiger partial charge is 3.00 e. The van der Waals surface area contributed by atoms with Crippen LogP contribution in [0.2, 0.25) is 0 Å². The van der Waals surface area contributed by atoms with E-state index in [1.807, 2.05) is 122 Å². The van der Waals surface area contributed by atoms with Gasteiger partial charge in [-0.1, -0.05) is 342 Å². The molecule has 0 fully saturated rings. The Hall–Kier alpha value is -11.2. The Labute approximate surface area is 723 Å². The normalized spacial score (nSPS) is 11.0. The summed E-state index contributed by atoms with van der Waals surface area (Å²) < 4.78 is 3.76. The molecule has 6 heterocycles. The Morgan fingerprint density at radius 2 is 0.386 bits per heavy atom. The SMILES string of the molecule is Brc1cc(-c2ccccn2)[c-]cc1-c1ccccc1-c1cc(-c2ccccc2-c2c[c-]c(-c3[c-]cc(-c4ccccc4-c4cc(-c5ccccc5-c5c[c-]c(-c6ccccn6)cc5Br)cc(-c5ccccc5-c5c[c-]c(-c6ccccn6)cc5Br)c4)cn3)nc2)cc(-c2ccccc2-c2c[c-]c(-c3ccccn3)cc2Br)c1.[Ir+3].[Ir+3]. The summed E-state index contributed by atoms with van der Waals surface area (Å²) in [6.45, 7) is 0.